The van der Waals surface area contributed by atoms with Crippen LogP contribution in [-0.4, -0.2) is 19.7 Å². The van der Waals surface area contributed by atoms with Crippen LogP contribution in [0.3, 0.4) is 0 Å². The minimum Gasteiger partial charge on any atom is -0.260 e. The zero-order valence-electron chi connectivity index (χ0n) is 10.7. The predicted molar refractivity (Wildman–Crippen MR) is 76.8 cm³/mol. The molecule has 1 rings (SSSR count). The first-order chi connectivity index (χ1) is 7.71. The molecule has 0 bridgehead atoms. The van der Waals surface area contributed by atoms with Crippen LogP contribution >= 0.6 is 15.9 Å². The van der Waals surface area contributed by atoms with E-state index in [-0.39, 0.29) is 4.75 Å². The Morgan fingerprint density at radius 3 is 2.53 bits per heavy atom. The van der Waals surface area contributed by atoms with Crippen molar-refractivity contribution < 1.29 is 4.21 Å². The number of nitrogens with zero attached hydrogens (tertiary/aromatic N) is 2. The van der Waals surface area contributed by atoms with Gasteiger partial charge in [0.25, 0.3) is 0 Å². The van der Waals surface area contributed by atoms with Crippen LogP contribution in [0.5, 0.6) is 0 Å². The summed E-state index contributed by atoms with van der Waals surface area (Å²) in [7, 11) is -1.23. The second kappa shape index (κ2) is 5.40. The van der Waals surface area contributed by atoms with Crippen LogP contribution in [0, 0.1) is 6.92 Å². The van der Waals surface area contributed by atoms with Gasteiger partial charge < -0.3 is 0 Å². The summed E-state index contributed by atoms with van der Waals surface area (Å²) in [4.78, 5) is 4.24. The van der Waals surface area contributed by atoms with Crippen molar-refractivity contribution in [3.8, 4) is 0 Å². The monoisotopic (exact) mass is 316 g/mol. The van der Waals surface area contributed by atoms with Crippen molar-refractivity contribution in [3.05, 3.63) is 28.0 Å². The van der Waals surface area contributed by atoms with E-state index in [4.69, 9.17) is 0 Å². The quantitative estimate of drug-likeness (QED) is 0.784. The van der Waals surface area contributed by atoms with Gasteiger partial charge in [-0.3, -0.25) is 4.98 Å². The van der Waals surface area contributed by atoms with E-state index in [1.807, 2.05) is 40.7 Å². The first kappa shape index (κ1) is 14.5. The number of rotatable bonds is 2. The van der Waals surface area contributed by atoms with Crippen molar-refractivity contribution in [3.63, 3.8) is 0 Å². The van der Waals surface area contributed by atoms with E-state index in [1.54, 1.807) is 6.20 Å². The first-order valence-electron chi connectivity index (χ1n) is 5.31. The molecule has 1 aromatic rings. The highest BCUT2D eigenvalue weighted by molar-refractivity contribution is 9.10. The summed E-state index contributed by atoms with van der Waals surface area (Å²) in [6.07, 6.45) is 1.75. The molecule has 1 atom stereocenters. The van der Waals surface area contributed by atoms with E-state index in [9.17, 15) is 4.21 Å². The van der Waals surface area contributed by atoms with Crippen LogP contribution in [0.2, 0.25) is 0 Å². The number of aromatic nitrogens is 1. The summed E-state index contributed by atoms with van der Waals surface area (Å²) in [5.41, 5.74) is 2.56. The summed E-state index contributed by atoms with van der Waals surface area (Å²) < 4.78 is 16.7. The summed E-state index contributed by atoms with van der Waals surface area (Å²) in [5.74, 6) is 0. The molecule has 0 aliphatic carbocycles. The zero-order chi connectivity index (χ0) is 13.2. The maximum Gasteiger partial charge on any atom is 0.145 e. The Hall–Kier alpha value is -0.550. The molecule has 0 saturated carbocycles. The van der Waals surface area contributed by atoms with Gasteiger partial charge in [0.1, 0.15) is 11.0 Å². The van der Waals surface area contributed by atoms with E-state index >= 15 is 0 Å². The molecule has 1 heterocycles. The summed E-state index contributed by atoms with van der Waals surface area (Å²) in [5, 5.41) is 0. The molecule has 0 N–H and O–H groups in total. The smallest absolute Gasteiger partial charge is 0.145 e. The van der Waals surface area contributed by atoms with Crippen LogP contribution in [0.1, 0.15) is 39.0 Å². The number of hydrogen-bond acceptors (Lipinski definition) is 2. The molecule has 0 spiro atoms. The highest BCUT2D eigenvalue weighted by Gasteiger charge is 2.19. The largest absolute Gasteiger partial charge is 0.260 e. The second-order valence-corrected chi connectivity index (χ2v) is 7.59. The number of halogens is 1. The maximum absolute atomic E-state index is 11.9. The Labute approximate surface area is 113 Å². The molecule has 0 aliphatic rings. The van der Waals surface area contributed by atoms with Crippen molar-refractivity contribution in [1.82, 2.24) is 4.98 Å². The van der Waals surface area contributed by atoms with Gasteiger partial charge in [0, 0.05) is 16.2 Å². The van der Waals surface area contributed by atoms with Gasteiger partial charge in [-0.1, -0.05) is 0 Å². The minimum absolute atomic E-state index is 0.337. The summed E-state index contributed by atoms with van der Waals surface area (Å²) >= 11 is 3.43. The van der Waals surface area contributed by atoms with Gasteiger partial charge in [-0.15, -0.1) is 0 Å². The lowest BCUT2D eigenvalue weighted by molar-refractivity contribution is 0.650. The Kier molecular flexibility index (Phi) is 4.61. The molecule has 0 unspecified atom stereocenters. The minimum atomic E-state index is -1.23. The molecule has 5 heteroatoms. The molecular weight excluding hydrogens is 300 g/mol. The van der Waals surface area contributed by atoms with Crippen molar-refractivity contribution in [2.75, 3.05) is 0 Å². The first-order valence-corrected chi connectivity index (χ1v) is 7.21. The number of pyridine rings is 1. The van der Waals surface area contributed by atoms with Gasteiger partial charge >= 0.3 is 0 Å². The Balaban J connectivity index is 3.04. The average molecular weight is 317 g/mol. The van der Waals surface area contributed by atoms with Gasteiger partial charge in [0.2, 0.25) is 0 Å². The molecule has 17 heavy (non-hydrogen) atoms. The summed E-state index contributed by atoms with van der Waals surface area (Å²) in [6.45, 7) is 9.49. The van der Waals surface area contributed by atoms with Crippen LogP contribution in [0.25, 0.3) is 0 Å². The molecular formula is C12H17BrN2OS. The van der Waals surface area contributed by atoms with Crippen LogP contribution in [-0.2, 0) is 11.0 Å². The van der Waals surface area contributed by atoms with Gasteiger partial charge in [-0.2, -0.15) is 4.40 Å². The van der Waals surface area contributed by atoms with E-state index in [0.29, 0.717) is 0 Å². The number of hydrogen-bond donors (Lipinski definition) is 0. The van der Waals surface area contributed by atoms with E-state index in [1.165, 1.54) is 0 Å². The van der Waals surface area contributed by atoms with Gasteiger partial charge in [-0.05, 0) is 56.6 Å². The zero-order valence-corrected chi connectivity index (χ0v) is 13.1. The third-order valence-corrected chi connectivity index (χ3v) is 4.48. The van der Waals surface area contributed by atoms with E-state index in [0.717, 1.165) is 21.4 Å². The fourth-order valence-electron chi connectivity index (χ4n) is 1.02. The Bertz CT molecular complexity index is 478. The average Bonchev–Trinajstić information content (AvgIpc) is 2.20. The second-order valence-electron chi connectivity index (χ2n) is 4.83. The lowest BCUT2D eigenvalue weighted by Crippen LogP contribution is -2.20. The fraction of sp³-hybridized carbons (Fsp3) is 0.500. The number of aryl methyl sites for hydroxylation is 1. The van der Waals surface area contributed by atoms with Crippen molar-refractivity contribution in [1.29, 1.82) is 0 Å². The Morgan fingerprint density at radius 2 is 2.06 bits per heavy atom. The van der Waals surface area contributed by atoms with Crippen molar-refractivity contribution in [2.24, 2.45) is 4.40 Å². The molecule has 0 aliphatic heterocycles. The Morgan fingerprint density at radius 1 is 1.47 bits per heavy atom. The molecule has 0 saturated heterocycles. The van der Waals surface area contributed by atoms with Crippen molar-refractivity contribution in [2.45, 2.75) is 39.4 Å². The van der Waals surface area contributed by atoms with E-state index < -0.39 is 11.0 Å². The van der Waals surface area contributed by atoms with Gasteiger partial charge in [0.05, 0.1) is 16.2 Å². The normalized spacial score (nSPS) is 14.8. The topological polar surface area (TPSA) is 42.3 Å². The van der Waals surface area contributed by atoms with Crippen LogP contribution in [0.15, 0.2) is 21.1 Å². The molecule has 3 nitrogen and oxygen atoms in total. The third kappa shape index (κ3) is 4.00. The SMILES string of the molecule is CC(=N[S@](=O)C(C)(C)C)c1cnc(C)c(Br)c1. The highest BCUT2D eigenvalue weighted by Crippen LogP contribution is 2.17. The van der Waals surface area contributed by atoms with Crippen molar-refractivity contribution >= 4 is 32.6 Å². The standard InChI is InChI=1S/C12H17BrN2OS/c1-8(15-17(16)12(3,4)5)10-6-11(13)9(2)14-7-10/h6-7H,1-5H3/t17-/m1/s1. The molecule has 1 aromatic heterocycles. The lowest BCUT2D eigenvalue weighted by atomic mass is 10.2. The molecule has 94 valence electrons. The summed E-state index contributed by atoms with van der Waals surface area (Å²) in [6, 6.07) is 1.95. The van der Waals surface area contributed by atoms with Crippen LogP contribution in [0.4, 0.5) is 0 Å². The molecule has 0 radical (unpaired) electrons. The predicted octanol–water partition coefficient (Wildman–Crippen LogP) is 3.42. The third-order valence-electron chi connectivity index (χ3n) is 2.19. The van der Waals surface area contributed by atoms with Gasteiger partial charge in [0.15, 0.2) is 0 Å². The van der Waals surface area contributed by atoms with Gasteiger partial charge in [-0.25, -0.2) is 4.21 Å². The van der Waals surface area contributed by atoms with E-state index in [2.05, 4.69) is 25.3 Å². The fourth-order valence-corrected chi connectivity index (χ4v) is 2.00. The highest BCUT2D eigenvalue weighted by atomic mass is 79.9. The lowest BCUT2D eigenvalue weighted by Gasteiger charge is -2.14. The van der Waals surface area contributed by atoms with Crippen LogP contribution < -0.4 is 0 Å². The molecule has 0 amide bonds. The maximum atomic E-state index is 11.9. The molecule has 0 fully saturated rings. The molecule has 0 aromatic carbocycles.